The number of benzene rings is 4. The standard InChI is InChI=1S/C30H27BrN4O3S/c1-19(2)38-27-17-12-20(18-25(27)31)28(36)35-30(39)34-26-11-7-6-10-24(26)29(37)33-23-15-13-22(14-16-23)32-21-8-4-3-5-9-21/h3-19,32H,1-2H3,(H,33,37)(H2,34,35,36,39). The first kappa shape index (κ1) is 27.8. The van der Waals surface area contributed by atoms with Crippen LogP contribution in [0.4, 0.5) is 22.7 Å². The fourth-order valence-corrected chi connectivity index (χ4v) is 4.31. The highest BCUT2D eigenvalue weighted by Gasteiger charge is 2.15. The van der Waals surface area contributed by atoms with Crippen LogP contribution in [0.5, 0.6) is 5.75 Å². The first-order chi connectivity index (χ1) is 18.8. The van der Waals surface area contributed by atoms with Gasteiger partial charge >= 0.3 is 0 Å². The van der Waals surface area contributed by atoms with Gasteiger partial charge in [-0.1, -0.05) is 30.3 Å². The number of hydrogen-bond acceptors (Lipinski definition) is 5. The summed E-state index contributed by atoms with van der Waals surface area (Å²) in [5.74, 6) is -0.0691. The van der Waals surface area contributed by atoms with Crippen molar-refractivity contribution in [3.8, 4) is 5.75 Å². The molecule has 0 aliphatic carbocycles. The zero-order valence-electron chi connectivity index (χ0n) is 21.3. The Morgan fingerprint density at radius 2 is 1.41 bits per heavy atom. The van der Waals surface area contributed by atoms with Gasteiger partial charge in [-0.05, 0) is 109 Å². The van der Waals surface area contributed by atoms with E-state index in [4.69, 9.17) is 17.0 Å². The lowest BCUT2D eigenvalue weighted by Gasteiger charge is -2.15. The number of amides is 2. The van der Waals surface area contributed by atoms with Crippen molar-refractivity contribution in [3.05, 3.63) is 113 Å². The SMILES string of the molecule is CC(C)Oc1ccc(C(=O)NC(=S)Nc2ccccc2C(=O)Nc2ccc(Nc3ccccc3)cc2)cc1Br. The van der Waals surface area contributed by atoms with E-state index in [9.17, 15) is 9.59 Å². The van der Waals surface area contributed by atoms with Crippen molar-refractivity contribution < 1.29 is 14.3 Å². The Balaban J connectivity index is 1.37. The van der Waals surface area contributed by atoms with Crippen LogP contribution in [0.1, 0.15) is 34.6 Å². The predicted molar refractivity (Wildman–Crippen MR) is 164 cm³/mol. The van der Waals surface area contributed by atoms with E-state index in [0.717, 1.165) is 11.4 Å². The van der Waals surface area contributed by atoms with E-state index in [-0.39, 0.29) is 17.1 Å². The largest absolute Gasteiger partial charge is 0.490 e. The molecule has 2 amide bonds. The molecule has 9 heteroatoms. The second-order valence-electron chi connectivity index (χ2n) is 8.79. The van der Waals surface area contributed by atoms with Gasteiger partial charge in [0.15, 0.2) is 5.11 Å². The third-order valence-corrected chi connectivity index (χ3v) is 6.23. The van der Waals surface area contributed by atoms with Crippen molar-refractivity contribution in [2.75, 3.05) is 16.0 Å². The Labute approximate surface area is 241 Å². The molecule has 0 fully saturated rings. The Hall–Kier alpha value is -4.21. The highest BCUT2D eigenvalue weighted by Crippen LogP contribution is 2.27. The van der Waals surface area contributed by atoms with Crippen LogP contribution in [-0.2, 0) is 0 Å². The van der Waals surface area contributed by atoms with Gasteiger partial charge in [0, 0.05) is 22.6 Å². The summed E-state index contributed by atoms with van der Waals surface area (Å²) in [5.41, 5.74) is 3.75. The van der Waals surface area contributed by atoms with Gasteiger partial charge in [0.05, 0.1) is 21.8 Å². The summed E-state index contributed by atoms with van der Waals surface area (Å²) >= 11 is 8.79. The van der Waals surface area contributed by atoms with Crippen molar-refractivity contribution in [2.24, 2.45) is 0 Å². The van der Waals surface area contributed by atoms with Crippen LogP contribution in [-0.4, -0.2) is 23.0 Å². The molecule has 4 N–H and O–H groups in total. The Kier molecular flexibility index (Phi) is 9.30. The Morgan fingerprint density at radius 1 is 0.769 bits per heavy atom. The van der Waals surface area contributed by atoms with Gasteiger partial charge < -0.3 is 20.7 Å². The molecule has 0 unspecified atom stereocenters. The number of anilines is 4. The summed E-state index contributed by atoms with van der Waals surface area (Å²) in [5, 5.41) is 11.9. The summed E-state index contributed by atoms with van der Waals surface area (Å²) in [6.07, 6.45) is 0.00559. The number of rotatable bonds is 8. The fourth-order valence-electron chi connectivity index (χ4n) is 3.63. The van der Waals surface area contributed by atoms with E-state index in [2.05, 4.69) is 37.2 Å². The molecule has 0 atom stereocenters. The van der Waals surface area contributed by atoms with Crippen LogP contribution in [0.25, 0.3) is 0 Å². The van der Waals surface area contributed by atoms with Crippen molar-refractivity contribution in [1.29, 1.82) is 0 Å². The summed E-state index contributed by atoms with van der Waals surface area (Å²) in [7, 11) is 0. The molecule has 0 bridgehead atoms. The number of carbonyl (C=O) groups excluding carboxylic acids is 2. The molecule has 0 aliphatic heterocycles. The Bertz CT molecular complexity index is 1480. The van der Waals surface area contributed by atoms with Crippen LogP contribution in [0.3, 0.4) is 0 Å². The van der Waals surface area contributed by atoms with Gasteiger partial charge in [-0.2, -0.15) is 0 Å². The van der Waals surface area contributed by atoms with Gasteiger partial charge in [-0.25, -0.2) is 0 Å². The highest BCUT2D eigenvalue weighted by atomic mass is 79.9. The molecule has 0 saturated heterocycles. The molecule has 0 saturated carbocycles. The molecule has 198 valence electrons. The average molecular weight is 604 g/mol. The number of ether oxygens (including phenoxy) is 1. The molecule has 4 aromatic carbocycles. The van der Waals surface area contributed by atoms with E-state index in [1.807, 2.05) is 68.4 Å². The first-order valence-electron chi connectivity index (χ1n) is 12.2. The van der Waals surface area contributed by atoms with Gasteiger partial charge in [0.25, 0.3) is 11.8 Å². The molecule has 0 heterocycles. The van der Waals surface area contributed by atoms with E-state index >= 15 is 0 Å². The molecule has 39 heavy (non-hydrogen) atoms. The third-order valence-electron chi connectivity index (χ3n) is 5.41. The molecule has 0 spiro atoms. The first-order valence-corrected chi connectivity index (χ1v) is 13.4. The van der Waals surface area contributed by atoms with Gasteiger partial charge in [0.1, 0.15) is 5.75 Å². The summed E-state index contributed by atoms with van der Waals surface area (Å²) in [4.78, 5) is 25.8. The third kappa shape index (κ3) is 7.89. The number of carbonyl (C=O) groups is 2. The molecule has 4 aromatic rings. The fraction of sp³-hybridized carbons (Fsp3) is 0.100. The highest BCUT2D eigenvalue weighted by molar-refractivity contribution is 9.10. The maximum absolute atomic E-state index is 13.1. The molecular formula is C30H27BrN4O3S. The molecule has 0 aromatic heterocycles. The van der Waals surface area contributed by atoms with Crippen molar-refractivity contribution >= 4 is 67.8 Å². The molecular weight excluding hydrogens is 576 g/mol. The zero-order chi connectivity index (χ0) is 27.8. The minimum atomic E-state index is -0.393. The average Bonchev–Trinajstić information content (AvgIpc) is 2.91. The van der Waals surface area contributed by atoms with Crippen LogP contribution < -0.4 is 26.0 Å². The summed E-state index contributed by atoms with van der Waals surface area (Å²) < 4.78 is 6.35. The maximum atomic E-state index is 13.1. The number of halogens is 1. The quantitative estimate of drug-likeness (QED) is 0.157. The number of para-hydroxylation sites is 2. The second kappa shape index (κ2) is 13.0. The zero-order valence-corrected chi connectivity index (χ0v) is 23.7. The molecule has 7 nitrogen and oxygen atoms in total. The van der Waals surface area contributed by atoms with Crippen LogP contribution >= 0.6 is 28.1 Å². The van der Waals surface area contributed by atoms with Crippen LogP contribution in [0, 0.1) is 0 Å². The monoisotopic (exact) mass is 602 g/mol. The predicted octanol–water partition coefficient (Wildman–Crippen LogP) is 7.36. The lowest BCUT2D eigenvalue weighted by Crippen LogP contribution is -2.34. The van der Waals surface area contributed by atoms with E-state index in [1.165, 1.54) is 0 Å². The summed E-state index contributed by atoms with van der Waals surface area (Å²) in [6.45, 7) is 3.85. The van der Waals surface area contributed by atoms with Crippen molar-refractivity contribution in [1.82, 2.24) is 5.32 Å². The minimum absolute atomic E-state index is 0.00559. The number of thiocarbonyl (C=S) groups is 1. The van der Waals surface area contributed by atoms with Gasteiger partial charge in [-0.15, -0.1) is 0 Å². The van der Waals surface area contributed by atoms with Gasteiger partial charge in [0.2, 0.25) is 0 Å². The smallest absolute Gasteiger partial charge is 0.257 e. The van der Waals surface area contributed by atoms with E-state index < -0.39 is 5.91 Å². The summed E-state index contributed by atoms with van der Waals surface area (Å²) in [6, 6.07) is 29.2. The van der Waals surface area contributed by atoms with Gasteiger partial charge in [-0.3, -0.25) is 14.9 Å². The van der Waals surface area contributed by atoms with Crippen LogP contribution in [0.2, 0.25) is 0 Å². The normalized spacial score (nSPS) is 10.5. The van der Waals surface area contributed by atoms with E-state index in [1.54, 1.807) is 42.5 Å². The maximum Gasteiger partial charge on any atom is 0.257 e. The second-order valence-corrected chi connectivity index (χ2v) is 10.1. The van der Waals surface area contributed by atoms with E-state index in [0.29, 0.717) is 32.7 Å². The van der Waals surface area contributed by atoms with Crippen molar-refractivity contribution in [2.45, 2.75) is 20.0 Å². The lowest BCUT2D eigenvalue weighted by molar-refractivity contribution is 0.0976. The number of hydrogen-bond donors (Lipinski definition) is 4. The van der Waals surface area contributed by atoms with Crippen molar-refractivity contribution in [3.63, 3.8) is 0 Å². The Morgan fingerprint density at radius 3 is 2.10 bits per heavy atom. The van der Waals surface area contributed by atoms with Crippen LogP contribution in [0.15, 0.2) is 102 Å². The molecule has 4 rings (SSSR count). The molecule has 0 aliphatic rings. The number of nitrogens with one attached hydrogen (secondary N) is 4. The molecule has 0 radical (unpaired) electrons. The lowest BCUT2D eigenvalue weighted by atomic mass is 10.1. The minimum Gasteiger partial charge on any atom is -0.490 e. The topological polar surface area (TPSA) is 91.5 Å².